The molecule has 106 valence electrons. The molecule has 0 aliphatic heterocycles. The molecular formula is C13H19NO4S. The van der Waals surface area contributed by atoms with Crippen molar-refractivity contribution >= 4 is 21.5 Å². The van der Waals surface area contributed by atoms with Gasteiger partial charge in [0.1, 0.15) is 0 Å². The van der Waals surface area contributed by atoms with E-state index in [1.165, 1.54) is 6.26 Å². The highest BCUT2D eigenvalue weighted by atomic mass is 32.2. The van der Waals surface area contributed by atoms with Crippen LogP contribution in [0.25, 0.3) is 0 Å². The van der Waals surface area contributed by atoms with Gasteiger partial charge in [0.2, 0.25) is 0 Å². The zero-order valence-corrected chi connectivity index (χ0v) is 12.0. The van der Waals surface area contributed by atoms with Gasteiger partial charge in [-0.3, -0.25) is 4.79 Å². The summed E-state index contributed by atoms with van der Waals surface area (Å²) < 4.78 is 27.9. The number of para-hydroxylation sites is 1. The molecule has 0 atom stereocenters. The largest absolute Gasteiger partial charge is 0.466 e. The summed E-state index contributed by atoms with van der Waals surface area (Å²) in [5.74, 6) is -0.235. The standard InChI is InChI=1S/C13H19NO4S/c1-3-18-13(15)9-6-10-14-11-7-4-5-8-12(11)19(2,16)17/h4-5,7-8,14H,3,6,9-10H2,1-2H3. The summed E-state index contributed by atoms with van der Waals surface area (Å²) in [6, 6.07) is 6.71. The van der Waals surface area contributed by atoms with Crippen molar-refractivity contribution in [1.82, 2.24) is 0 Å². The Morgan fingerprint density at radius 3 is 2.63 bits per heavy atom. The first kappa shape index (κ1) is 15.5. The smallest absolute Gasteiger partial charge is 0.305 e. The second-order valence-electron chi connectivity index (χ2n) is 4.10. The Kier molecular flexibility index (Phi) is 5.82. The minimum absolute atomic E-state index is 0.235. The van der Waals surface area contributed by atoms with Gasteiger partial charge in [0.05, 0.1) is 17.2 Å². The number of hydrogen-bond donors (Lipinski definition) is 1. The van der Waals surface area contributed by atoms with Crippen molar-refractivity contribution in [3.63, 3.8) is 0 Å². The Morgan fingerprint density at radius 2 is 2.00 bits per heavy atom. The highest BCUT2D eigenvalue weighted by molar-refractivity contribution is 7.90. The summed E-state index contributed by atoms with van der Waals surface area (Å²) in [6.45, 7) is 2.66. The first-order valence-electron chi connectivity index (χ1n) is 6.13. The summed E-state index contributed by atoms with van der Waals surface area (Å²) in [6.07, 6.45) is 2.09. The predicted octanol–water partition coefficient (Wildman–Crippen LogP) is 1.85. The minimum atomic E-state index is -3.25. The first-order chi connectivity index (χ1) is 8.95. The lowest BCUT2D eigenvalue weighted by molar-refractivity contribution is -0.143. The van der Waals surface area contributed by atoms with Crippen LogP contribution in [-0.4, -0.2) is 33.8 Å². The first-order valence-corrected chi connectivity index (χ1v) is 8.03. The number of carbonyl (C=O) groups is 1. The summed E-state index contributed by atoms with van der Waals surface area (Å²) in [4.78, 5) is 11.4. The number of carbonyl (C=O) groups excluding carboxylic acids is 1. The number of sulfone groups is 1. The van der Waals surface area contributed by atoms with Crippen molar-refractivity contribution in [3.05, 3.63) is 24.3 Å². The van der Waals surface area contributed by atoms with E-state index in [-0.39, 0.29) is 10.9 Å². The molecule has 0 aliphatic rings. The Hall–Kier alpha value is -1.56. The lowest BCUT2D eigenvalue weighted by Gasteiger charge is -2.10. The fourth-order valence-corrected chi connectivity index (χ4v) is 2.49. The van der Waals surface area contributed by atoms with Crippen molar-refractivity contribution in [1.29, 1.82) is 0 Å². The molecular weight excluding hydrogens is 266 g/mol. The third kappa shape index (κ3) is 5.30. The van der Waals surface area contributed by atoms with Crippen molar-refractivity contribution < 1.29 is 17.9 Å². The van der Waals surface area contributed by atoms with E-state index in [1.807, 2.05) is 0 Å². The van der Waals surface area contributed by atoms with Gasteiger partial charge in [0.25, 0.3) is 0 Å². The van der Waals surface area contributed by atoms with Crippen molar-refractivity contribution in [2.75, 3.05) is 24.7 Å². The van der Waals surface area contributed by atoms with E-state index < -0.39 is 9.84 Å². The van der Waals surface area contributed by atoms with E-state index in [2.05, 4.69) is 5.32 Å². The van der Waals surface area contributed by atoms with E-state index in [1.54, 1.807) is 31.2 Å². The number of esters is 1. The van der Waals surface area contributed by atoms with Crippen LogP contribution in [0.3, 0.4) is 0 Å². The highest BCUT2D eigenvalue weighted by Gasteiger charge is 2.11. The Balaban J connectivity index is 2.53. The lowest BCUT2D eigenvalue weighted by atomic mass is 10.3. The zero-order chi connectivity index (χ0) is 14.3. The van der Waals surface area contributed by atoms with Gasteiger partial charge in [-0.1, -0.05) is 12.1 Å². The molecule has 0 heterocycles. The Morgan fingerprint density at radius 1 is 1.32 bits per heavy atom. The topological polar surface area (TPSA) is 72.5 Å². The fraction of sp³-hybridized carbons (Fsp3) is 0.462. The third-order valence-electron chi connectivity index (χ3n) is 2.46. The SMILES string of the molecule is CCOC(=O)CCCNc1ccccc1S(C)(=O)=O. The molecule has 0 amide bonds. The summed E-state index contributed by atoms with van der Waals surface area (Å²) in [5, 5.41) is 3.03. The average Bonchev–Trinajstić information content (AvgIpc) is 2.34. The summed E-state index contributed by atoms with van der Waals surface area (Å²) in [5.41, 5.74) is 0.564. The molecule has 0 saturated heterocycles. The number of hydrogen-bond acceptors (Lipinski definition) is 5. The number of nitrogens with one attached hydrogen (secondary N) is 1. The van der Waals surface area contributed by atoms with Crippen LogP contribution in [0.5, 0.6) is 0 Å². The number of rotatable bonds is 7. The van der Waals surface area contributed by atoms with Crippen molar-refractivity contribution in [2.45, 2.75) is 24.7 Å². The molecule has 19 heavy (non-hydrogen) atoms. The predicted molar refractivity (Wildman–Crippen MR) is 73.9 cm³/mol. The monoisotopic (exact) mass is 285 g/mol. The minimum Gasteiger partial charge on any atom is -0.466 e. The Labute approximate surface area is 113 Å². The van der Waals surface area contributed by atoms with Gasteiger partial charge in [0, 0.05) is 19.2 Å². The van der Waals surface area contributed by atoms with Crippen LogP contribution < -0.4 is 5.32 Å². The van der Waals surface area contributed by atoms with Gasteiger partial charge in [-0.05, 0) is 25.5 Å². The molecule has 0 spiro atoms. The number of benzene rings is 1. The van der Waals surface area contributed by atoms with Crippen LogP contribution in [0.2, 0.25) is 0 Å². The van der Waals surface area contributed by atoms with E-state index in [4.69, 9.17) is 4.74 Å². The van der Waals surface area contributed by atoms with Gasteiger partial charge >= 0.3 is 5.97 Å². The summed E-state index contributed by atoms with van der Waals surface area (Å²) >= 11 is 0. The molecule has 0 aliphatic carbocycles. The van der Waals surface area contributed by atoms with Gasteiger partial charge < -0.3 is 10.1 Å². The normalized spacial score (nSPS) is 11.1. The maximum absolute atomic E-state index is 11.6. The second kappa shape index (κ2) is 7.13. The van der Waals surface area contributed by atoms with Gasteiger partial charge in [-0.25, -0.2) is 8.42 Å². The van der Waals surface area contributed by atoms with Crippen LogP contribution in [-0.2, 0) is 19.4 Å². The molecule has 1 N–H and O–H groups in total. The summed E-state index contributed by atoms with van der Waals surface area (Å²) in [7, 11) is -3.25. The Bertz CT molecular complexity index is 525. The van der Waals surface area contributed by atoms with Crippen LogP contribution >= 0.6 is 0 Å². The molecule has 0 radical (unpaired) electrons. The van der Waals surface area contributed by atoms with Crippen molar-refractivity contribution in [2.24, 2.45) is 0 Å². The van der Waals surface area contributed by atoms with E-state index in [9.17, 15) is 13.2 Å². The lowest BCUT2D eigenvalue weighted by Crippen LogP contribution is -2.10. The van der Waals surface area contributed by atoms with Crippen LogP contribution in [0.4, 0.5) is 5.69 Å². The molecule has 0 fully saturated rings. The van der Waals surface area contributed by atoms with Crippen LogP contribution in [0.15, 0.2) is 29.2 Å². The molecule has 1 aromatic carbocycles. The molecule has 0 bridgehead atoms. The van der Waals surface area contributed by atoms with Crippen LogP contribution in [0, 0.1) is 0 Å². The van der Waals surface area contributed by atoms with E-state index in [0.717, 1.165) is 0 Å². The average molecular weight is 285 g/mol. The van der Waals surface area contributed by atoms with Gasteiger partial charge in [-0.2, -0.15) is 0 Å². The maximum atomic E-state index is 11.6. The highest BCUT2D eigenvalue weighted by Crippen LogP contribution is 2.20. The fourth-order valence-electron chi connectivity index (χ4n) is 1.62. The van der Waals surface area contributed by atoms with Gasteiger partial charge in [0.15, 0.2) is 9.84 Å². The van der Waals surface area contributed by atoms with E-state index in [0.29, 0.717) is 31.7 Å². The third-order valence-corrected chi connectivity index (χ3v) is 3.62. The van der Waals surface area contributed by atoms with Crippen molar-refractivity contribution in [3.8, 4) is 0 Å². The van der Waals surface area contributed by atoms with E-state index >= 15 is 0 Å². The van der Waals surface area contributed by atoms with Gasteiger partial charge in [-0.15, -0.1) is 0 Å². The molecule has 0 aromatic heterocycles. The number of anilines is 1. The molecule has 1 aromatic rings. The number of ether oxygens (including phenoxy) is 1. The molecule has 1 rings (SSSR count). The zero-order valence-electron chi connectivity index (χ0n) is 11.2. The quantitative estimate of drug-likeness (QED) is 0.611. The maximum Gasteiger partial charge on any atom is 0.305 e. The molecule has 5 nitrogen and oxygen atoms in total. The second-order valence-corrected chi connectivity index (χ2v) is 6.09. The molecule has 0 unspecified atom stereocenters. The molecule has 0 saturated carbocycles. The molecule has 6 heteroatoms. The van der Waals surface area contributed by atoms with Crippen LogP contribution in [0.1, 0.15) is 19.8 Å².